The molecular formula is C14H19NO4. The highest BCUT2D eigenvalue weighted by atomic mass is 16.5. The number of carboxylic acids is 1. The number of hydrogen-bond donors (Lipinski definition) is 2. The minimum absolute atomic E-state index is 0.304. The van der Waals surface area contributed by atoms with Crippen molar-refractivity contribution in [2.75, 3.05) is 13.7 Å². The normalized spacial score (nSPS) is 24.1. The van der Waals surface area contributed by atoms with E-state index in [1.807, 2.05) is 13.8 Å². The molecule has 1 aliphatic heterocycles. The lowest BCUT2D eigenvalue weighted by Crippen LogP contribution is -2.28. The molecule has 0 aromatic carbocycles. The second-order valence-electron chi connectivity index (χ2n) is 4.42. The molecule has 1 heterocycles. The Morgan fingerprint density at radius 3 is 2.68 bits per heavy atom. The number of methoxy groups -OCH3 is 1. The van der Waals surface area contributed by atoms with Gasteiger partial charge in [0.05, 0.1) is 7.11 Å². The molecule has 0 aliphatic carbocycles. The van der Waals surface area contributed by atoms with Gasteiger partial charge in [0.15, 0.2) is 0 Å². The first-order valence-electron chi connectivity index (χ1n) is 6.00. The third-order valence-corrected chi connectivity index (χ3v) is 3.28. The van der Waals surface area contributed by atoms with E-state index in [9.17, 15) is 9.59 Å². The first kappa shape index (κ1) is 15.0. The van der Waals surface area contributed by atoms with Crippen LogP contribution in [0, 0.1) is 11.8 Å². The van der Waals surface area contributed by atoms with Crippen LogP contribution in [0.4, 0.5) is 0 Å². The molecule has 104 valence electrons. The SMILES string of the molecule is C=C(/C(C)=C\C(=C/C)OC)[C@@H]1CNC(=O)[C@H]1C(=O)O. The second-order valence-corrected chi connectivity index (χ2v) is 4.42. The topological polar surface area (TPSA) is 75.6 Å². The van der Waals surface area contributed by atoms with Gasteiger partial charge in [-0.05, 0) is 37.1 Å². The van der Waals surface area contributed by atoms with Crippen molar-refractivity contribution in [3.05, 3.63) is 35.6 Å². The lowest BCUT2D eigenvalue weighted by atomic mass is 9.85. The smallest absolute Gasteiger partial charge is 0.316 e. The van der Waals surface area contributed by atoms with Crippen molar-refractivity contribution in [3.63, 3.8) is 0 Å². The quantitative estimate of drug-likeness (QED) is 0.448. The van der Waals surface area contributed by atoms with Crippen LogP contribution < -0.4 is 5.32 Å². The largest absolute Gasteiger partial charge is 0.497 e. The molecule has 0 spiro atoms. The zero-order chi connectivity index (χ0) is 14.6. The average molecular weight is 265 g/mol. The van der Waals surface area contributed by atoms with Crippen LogP contribution in [0.25, 0.3) is 0 Å². The van der Waals surface area contributed by atoms with Crippen molar-refractivity contribution in [2.24, 2.45) is 11.8 Å². The van der Waals surface area contributed by atoms with E-state index < -0.39 is 23.7 Å². The first-order chi connectivity index (χ1) is 8.92. The number of amides is 1. The minimum Gasteiger partial charge on any atom is -0.497 e. The molecule has 19 heavy (non-hydrogen) atoms. The average Bonchev–Trinajstić information content (AvgIpc) is 2.76. The van der Waals surface area contributed by atoms with Crippen LogP contribution in [-0.2, 0) is 14.3 Å². The van der Waals surface area contributed by atoms with E-state index in [-0.39, 0.29) is 0 Å². The van der Waals surface area contributed by atoms with Crippen LogP contribution in [0.3, 0.4) is 0 Å². The van der Waals surface area contributed by atoms with Gasteiger partial charge in [-0.3, -0.25) is 9.59 Å². The highest BCUT2D eigenvalue weighted by Gasteiger charge is 2.41. The van der Waals surface area contributed by atoms with E-state index in [4.69, 9.17) is 9.84 Å². The van der Waals surface area contributed by atoms with Crippen molar-refractivity contribution in [1.29, 1.82) is 0 Å². The molecule has 0 bridgehead atoms. The molecule has 5 nitrogen and oxygen atoms in total. The van der Waals surface area contributed by atoms with E-state index in [1.165, 1.54) is 0 Å². The van der Waals surface area contributed by atoms with Gasteiger partial charge < -0.3 is 15.2 Å². The molecule has 2 N–H and O–H groups in total. The van der Waals surface area contributed by atoms with Crippen LogP contribution >= 0.6 is 0 Å². The number of carbonyl (C=O) groups is 2. The van der Waals surface area contributed by atoms with Gasteiger partial charge in [0.1, 0.15) is 11.7 Å². The first-order valence-corrected chi connectivity index (χ1v) is 6.00. The van der Waals surface area contributed by atoms with Crippen LogP contribution in [0.2, 0.25) is 0 Å². The number of nitrogens with one attached hydrogen (secondary N) is 1. The van der Waals surface area contributed by atoms with Gasteiger partial charge in [-0.2, -0.15) is 0 Å². The summed E-state index contributed by atoms with van der Waals surface area (Å²) in [6, 6.07) is 0. The van der Waals surface area contributed by atoms with Gasteiger partial charge in [-0.25, -0.2) is 0 Å². The minimum atomic E-state index is -1.12. The maximum Gasteiger partial charge on any atom is 0.316 e. The number of allylic oxidation sites excluding steroid dienone is 3. The van der Waals surface area contributed by atoms with Crippen LogP contribution in [0.5, 0.6) is 0 Å². The van der Waals surface area contributed by atoms with E-state index >= 15 is 0 Å². The predicted molar refractivity (Wildman–Crippen MR) is 71.3 cm³/mol. The Hall–Kier alpha value is -2.04. The van der Waals surface area contributed by atoms with Gasteiger partial charge >= 0.3 is 5.97 Å². The van der Waals surface area contributed by atoms with Crippen LogP contribution in [-0.4, -0.2) is 30.6 Å². The fourth-order valence-corrected chi connectivity index (χ4v) is 2.09. The molecule has 1 fully saturated rings. The molecule has 0 saturated carbocycles. The fourth-order valence-electron chi connectivity index (χ4n) is 2.09. The summed E-state index contributed by atoms with van der Waals surface area (Å²) in [4.78, 5) is 22.6. The fraction of sp³-hybridized carbons (Fsp3) is 0.429. The Morgan fingerprint density at radius 1 is 1.58 bits per heavy atom. The Balaban J connectivity index is 2.94. The standard InChI is InChI=1S/C14H19NO4/c1-5-10(19-4)6-8(2)9(3)11-7-15-13(16)12(11)14(17)18/h5-6,11-12H,3,7H2,1-2,4H3,(H,15,16)(H,17,18)/b8-6-,10-5+/t11-,12-/m0/s1. The Morgan fingerprint density at radius 2 is 2.21 bits per heavy atom. The summed E-state index contributed by atoms with van der Waals surface area (Å²) in [6.45, 7) is 7.89. The van der Waals surface area contributed by atoms with Crippen molar-refractivity contribution in [2.45, 2.75) is 13.8 Å². The van der Waals surface area contributed by atoms with Crippen molar-refractivity contribution in [1.82, 2.24) is 5.32 Å². The maximum atomic E-state index is 11.5. The van der Waals surface area contributed by atoms with Gasteiger partial charge in [0.2, 0.25) is 5.91 Å². The summed E-state index contributed by atoms with van der Waals surface area (Å²) >= 11 is 0. The molecular weight excluding hydrogens is 246 g/mol. The molecule has 0 radical (unpaired) electrons. The summed E-state index contributed by atoms with van der Waals surface area (Å²) in [5, 5.41) is 11.7. The molecule has 0 aromatic rings. The van der Waals surface area contributed by atoms with Crippen molar-refractivity contribution in [3.8, 4) is 0 Å². The lowest BCUT2D eigenvalue weighted by Gasteiger charge is -2.17. The van der Waals surface area contributed by atoms with Crippen molar-refractivity contribution >= 4 is 11.9 Å². The van der Waals surface area contributed by atoms with E-state index in [0.29, 0.717) is 17.9 Å². The summed E-state index contributed by atoms with van der Waals surface area (Å²) in [7, 11) is 1.56. The molecule has 0 aromatic heterocycles. The summed E-state index contributed by atoms with van der Waals surface area (Å²) in [6.07, 6.45) is 3.58. The summed E-state index contributed by atoms with van der Waals surface area (Å²) in [5.74, 6) is -2.39. The third kappa shape index (κ3) is 3.24. The van der Waals surface area contributed by atoms with Crippen LogP contribution in [0.15, 0.2) is 35.6 Å². The van der Waals surface area contributed by atoms with Gasteiger partial charge in [0, 0.05) is 12.5 Å². The number of rotatable bonds is 5. The highest BCUT2D eigenvalue weighted by Crippen LogP contribution is 2.29. The number of carbonyl (C=O) groups excluding carboxylic acids is 1. The molecule has 1 amide bonds. The third-order valence-electron chi connectivity index (χ3n) is 3.28. The van der Waals surface area contributed by atoms with Crippen LogP contribution in [0.1, 0.15) is 13.8 Å². The number of hydrogen-bond acceptors (Lipinski definition) is 3. The monoisotopic (exact) mass is 265 g/mol. The zero-order valence-corrected chi connectivity index (χ0v) is 11.4. The molecule has 1 saturated heterocycles. The van der Waals surface area contributed by atoms with Gasteiger partial charge in [0.25, 0.3) is 0 Å². The predicted octanol–water partition coefficient (Wildman–Crippen LogP) is 1.49. The molecule has 5 heteroatoms. The highest BCUT2D eigenvalue weighted by molar-refractivity contribution is 5.99. The zero-order valence-electron chi connectivity index (χ0n) is 11.4. The van der Waals surface area contributed by atoms with E-state index in [0.717, 1.165) is 5.57 Å². The number of ether oxygens (including phenoxy) is 1. The summed E-state index contributed by atoms with van der Waals surface area (Å²) < 4.78 is 5.12. The maximum absolute atomic E-state index is 11.5. The van der Waals surface area contributed by atoms with Crippen molar-refractivity contribution < 1.29 is 19.4 Å². The second kappa shape index (κ2) is 6.22. The summed E-state index contributed by atoms with van der Waals surface area (Å²) in [5.41, 5.74) is 1.45. The number of carboxylic acid groups (broad SMARTS) is 1. The van der Waals surface area contributed by atoms with Gasteiger partial charge in [-0.15, -0.1) is 0 Å². The molecule has 1 aliphatic rings. The molecule has 1 rings (SSSR count). The Labute approximate surface area is 112 Å². The van der Waals surface area contributed by atoms with E-state index in [2.05, 4.69) is 11.9 Å². The Kier molecular flexibility index (Phi) is 4.92. The Bertz CT molecular complexity index is 462. The van der Waals surface area contributed by atoms with Gasteiger partial charge in [-0.1, -0.05) is 6.58 Å². The van der Waals surface area contributed by atoms with E-state index in [1.54, 1.807) is 19.3 Å². The molecule has 0 unspecified atom stereocenters. The molecule has 2 atom stereocenters. The lowest BCUT2D eigenvalue weighted by molar-refractivity contribution is -0.146. The number of aliphatic carboxylic acids is 1.